The van der Waals surface area contributed by atoms with Crippen LogP contribution in [-0.4, -0.2) is 39.0 Å². The molecule has 0 fully saturated rings. The van der Waals surface area contributed by atoms with Gasteiger partial charge in [-0.3, -0.25) is 0 Å². The van der Waals surface area contributed by atoms with Crippen molar-refractivity contribution in [3.8, 4) is 0 Å². The predicted octanol–water partition coefficient (Wildman–Crippen LogP) is -0.853. The van der Waals surface area contributed by atoms with Gasteiger partial charge in [-0.05, 0) is 91.1 Å². The van der Waals surface area contributed by atoms with Crippen LogP contribution in [0.4, 0.5) is 11.4 Å². The number of rotatable bonds is 12. The molecule has 0 aromatic heterocycles. The summed E-state index contributed by atoms with van der Waals surface area (Å²) in [4.78, 5) is 3.77. The Bertz CT molecular complexity index is 1570. The number of nitrogens with zero attached hydrogens (tertiary/aromatic N) is 2. The summed E-state index contributed by atoms with van der Waals surface area (Å²) < 4.78 is 68.3. The summed E-state index contributed by atoms with van der Waals surface area (Å²) in [7, 11) is -9.00. The molecule has 0 unspecified atom stereocenters. The SMILES string of the molecule is CCN(Cc1cccc(S(=O)(=O)[O-])c1)c1ccc(Cc2ccc(N(CC)Cc3cccc(S(=O)(=O)[O-])c3)cc2)cc1.[Na+].[Na+]. The van der Waals surface area contributed by atoms with Crippen LogP contribution < -0.4 is 68.9 Å². The molecule has 216 valence electrons. The first-order valence-electron chi connectivity index (χ1n) is 13.2. The van der Waals surface area contributed by atoms with Crippen molar-refractivity contribution in [2.75, 3.05) is 22.9 Å². The second-order valence-electron chi connectivity index (χ2n) is 9.74. The van der Waals surface area contributed by atoms with E-state index in [1.165, 1.54) is 24.3 Å². The van der Waals surface area contributed by atoms with Crippen LogP contribution in [0.5, 0.6) is 0 Å². The Labute approximate surface area is 299 Å². The molecule has 0 spiro atoms. The minimum absolute atomic E-state index is 0. The molecule has 0 heterocycles. The third-order valence-corrected chi connectivity index (χ3v) is 8.56. The van der Waals surface area contributed by atoms with Crippen molar-refractivity contribution in [2.45, 2.75) is 43.1 Å². The first-order valence-corrected chi connectivity index (χ1v) is 16.1. The molecule has 43 heavy (non-hydrogen) atoms. The molecular formula is C31H32N2Na2O6S2. The average molecular weight is 639 g/mol. The Morgan fingerprint density at radius 1 is 0.535 bits per heavy atom. The molecule has 0 aliphatic rings. The van der Waals surface area contributed by atoms with E-state index in [0.29, 0.717) is 26.2 Å². The van der Waals surface area contributed by atoms with Crippen molar-refractivity contribution in [1.29, 1.82) is 0 Å². The number of hydrogen-bond donors (Lipinski definition) is 0. The minimum Gasteiger partial charge on any atom is -0.744 e. The van der Waals surface area contributed by atoms with Crippen LogP contribution in [0, 0.1) is 0 Å². The summed E-state index contributed by atoms with van der Waals surface area (Å²) in [5, 5.41) is 0. The molecule has 4 aromatic carbocycles. The van der Waals surface area contributed by atoms with Crippen LogP contribution in [-0.2, 0) is 39.7 Å². The molecule has 0 N–H and O–H groups in total. The van der Waals surface area contributed by atoms with Gasteiger partial charge in [-0.25, -0.2) is 16.8 Å². The zero-order valence-electron chi connectivity index (χ0n) is 24.9. The Morgan fingerprint density at radius 3 is 1.19 bits per heavy atom. The van der Waals surface area contributed by atoms with Crippen LogP contribution in [0.1, 0.15) is 36.1 Å². The van der Waals surface area contributed by atoms with Crippen molar-refractivity contribution in [3.63, 3.8) is 0 Å². The number of hydrogen-bond acceptors (Lipinski definition) is 8. The van der Waals surface area contributed by atoms with E-state index in [0.717, 1.165) is 40.0 Å². The first kappa shape index (κ1) is 37.5. The fraction of sp³-hybridized carbons (Fsp3) is 0.226. The van der Waals surface area contributed by atoms with Crippen LogP contribution in [0.3, 0.4) is 0 Å². The van der Waals surface area contributed by atoms with Crippen molar-refractivity contribution in [1.82, 2.24) is 0 Å². The van der Waals surface area contributed by atoms with Gasteiger partial charge in [-0.15, -0.1) is 0 Å². The van der Waals surface area contributed by atoms with Gasteiger partial charge in [0.2, 0.25) is 0 Å². The van der Waals surface area contributed by atoms with Gasteiger partial charge in [0.1, 0.15) is 20.2 Å². The molecule has 0 atom stereocenters. The Hall–Kier alpha value is -1.70. The van der Waals surface area contributed by atoms with Crippen LogP contribution in [0.15, 0.2) is 107 Å². The Morgan fingerprint density at radius 2 is 0.884 bits per heavy atom. The molecule has 8 nitrogen and oxygen atoms in total. The molecule has 4 rings (SSSR count). The maximum absolute atomic E-state index is 11.4. The predicted molar refractivity (Wildman–Crippen MR) is 158 cm³/mol. The summed E-state index contributed by atoms with van der Waals surface area (Å²) in [5.74, 6) is 0. The van der Waals surface area contributed by atoms with Gasteiger partial charge in [0.25, 0.3) is 0 Å². The van der Waals surface area contributed by atoms with E-state index in [2.05, 4.69) is 34.1 Å². The zero-order valence-corrected chi connectivity index (χ0v) is 30.6. The zero-order chi connectivity index (χ0) is 29.6. The van der Waals surface area contributed by atoms with E-state index < -0.39 is 20.2 Å². The average Bonchev–Trinajstić information content (AvgIpc) is 2.95. The summed E-state index contributed by atoms with van der Waals surface area (Å²) in [6, 6.07) is 28.7. The molecule has 0 bridgehead atoms. The van der Waals surface area contributed by atoms with E-state index >= 15 is 0 Å². The number of anilines is 2. The molecule has 0 amide bonds. The molecule has 0 radical (unpaired) electrons. The quantitative estimate of drug-likeness (QED) is 0.145. The maximum atomic E-state index is 11.4. The molecule has 12 heteroatoms. The third-order valence-electron chi connectivity index (χ3n) is 6.90. The topological polar surface area (TPSA) is 121 Å². The van der Waals surface area contributed by atoms with Crippen molar-refractivity contribution >= 4 is 31.6 Å². The molecular weight excluding hydrogens is 606 g/mol. The summed E-state index contributed by atoms with van der Waals surface area (Å²) in [6.45, 7) is 6.41. The smallest absolute Gasteiger partial charge is 0.744 e. The van der Waals surface area contributed by atoms with Crippen LogP contribution >= 0.6 is 0 Å². The molecule has 0 saturated carbocycles. The summed E-state index contributed by atoms with van der Waals surface area (Å²) in [5.41, 5.74) is 5.76. The van der Waals surface area contributed by atoms with Gasteiger partial charge in [-0.1, -0.05) is 48.5 Å². The van der Waals surface area contributed by atoms with Crippen molar-refractivity contribution < 1.29 is 85.1 Å². The fourth-order valence-corrected chi connectivity index (χ4v) is 5.78. The van der Waals surface area contributed by atoms with Gasteiger partial charge in [-0.2, -0.15) is 0 Å². The van der Waals surface area contributed by atoms with Crippen LogP contribution in [0.25, 0.3) is 0 Å². The van der Waals surface area contributed by atoms with E-state index in [-0.39, 0.29) is 68.9 Å². The van der Waals surface area contributed by atoms with Gasteiger partial charge in [0.15, 0.2) is 0 Å². The van der Waals surface area contributed by atoms with E-state index in [1.807, 2.05) is 50.2 Å². The molecule has 4 aromatic rings. The number of benzene rings is 4. The van der Waals surface area contributed by atoms with Gasteiger partial charge < -0.3 is 18.9 Å². The van der Waals surface area contributed by atoms with E-state index in [9.17, 15) is 25.9 Å². The summed E-state index contributed by atoms with van der Waals surface area (Å²) in [6.07, 6.45) is 0.742. The second kappa shape index (κ2) is 16.6. The van der Waals surface area contributed by atoms with Gasteiger partial charge in [0.05, 0.1) is 9.79 Å². The van der Waals surface area contributed by atoms with Crippen molar-refractivity contribution in [3.05, 3.63) is 119 Å². The molecule has 0 aliphatic carbocycles. The van der Waals surface area contributed by atoms with E-state index in [4.69, 9.17) is 0 Å². The Balaban J connectivity index is 0.00000323. The second-order valence-corrected chi connectivity index (χ2v) is 12.5. The largest absolute Gasteiger partial charge is 1.00 e. The van der Waals surface area contributed by atoms with E-state index in [1.54, 1.807) is 12.1 Å². The maximum Gasteiger partial charge on any atom is 1.00 e. The standard InChI is InChI=1S/C31H34N2O6S2.2Na/c1-3-32(22-26-7-5-9-30(20-26)40(34,35)36)28-15-11-24(12-16-28)19-25-13-17-29(18-14-25)33(4-2)23-27-8-6-10-31(21-27)41(37,38)39;;/h5-18,20-21H,3-4,19,22-23H2,1-2H3,(H,34,35,36)(H,37,38,39);;/q;2*+1/p-2. The fourth-order valence-electron chi connectivity index (χ4n) is 4.70. The molecule has 0 aliphatic heterocycles. The van der Waals surface area contributed by atoms with Gasteiger partial charge in [0, 0.05) is 37.6 Å². The van der Waals surface area contributed by atoms with Crippen molar-refractivity contribution in [2.24, 2.45) is 0 Å². The first-order chi connectivity index (χ1) is 19.5. The molecule has 0 saturated heterocycles. The third kappa shape index (κ3) is 10.7. The summed E-state index contributed by atoms with van der Waals surface area (Å²) >= 11 is 0. The monoisotopic (exact) mass is 638 g/mol. The van der Waals surface area contributed by atoms with Gasteiger partial charge >= 0.3 is 59.1 Å². The normalized spacial score (nSPS) is 11.3. The minimum atomic E-state index is -4.50. The van der Waals surface area contributed by atoms with Crippen LogP contribution in [0.2, 0.25) is 0 Å². The Kier molecular flexibility index (Phi) is 14.4.